The number of para-hydroxylation sites is 1. The zero-order valence-electron chi connectivity index (χ0n) is 12.5. The molecule has 1 aromatic rings. The highest BCUT2D eigenvalue weighted by atomic mass is 16.5. The summed E-state index contributed by atoms with van der Waals surface area (Å²) >= 11 is 0. The standard InChI is InChI=1S/C17H27NO/c1-4-17(5-2,13-18-15-10-11-15)12-14-8-6-7-9-16(14)19-3/h6-9,15,18H,4-5,10-13H2,1-3H3. The van der Waals surface area contributed by atoms with Crippen LogP contribution in [0, 0.1) is 5.41 Å². The zero-order chi connectivity index (χ0) is 13.7. The molecule has 0 aromatic heterocycles. The molecular weight excluding hydrogens is 234 g/mol. The molecule has 2 rings (SSSR count). The molecule has 0 heterocycles. The summed E-state index contributed by atoms with van der Waals surface area (Å²) in [7, 11) is 1.76. The third kappa shape index (κ3) is 3.73. The van der Waals surface area contributed by atoms with Crippen LogP contribution >= 0.6 is 0 Å². The molecular formula is C17H27NO. The maximum absolute atomic E-state index is 5.50. The first-order chi connectivity index (χ1) is 9.23. The smallest absolute Gasteiger partial charge is 0.122 e. The molecule has 0 unspecified atom stereocenters. The van der Waals surface area contributed by atoms with E-state index in [9.17, 15) is 0 Å². The number of benzene rings is 1. The van der Waals surface area contributed by atoms with Crippen LogP contribution in [0.25, 0.3) is 0 Å². The third-order valence-electron chi connectivity index (χ3n) is 4.60. The highest BCUT2D eigenvalue weighted by Gasteiger charge is 2.30. The van der Waals surface area contributed by atoms with Gasteiger partial charge in [0.2, 0.25) is 0 Å². The molecule has 106 valence electrons. The van der Waals surface area contributed by atoms with Crippen LogP contribution in [0.2, 0.25) is 0 Å². The molecule has 1 aliphatic carbocycles. The van der Waals surface area contributed by atoms with Crippen LogP contribution < -0.4 is 10.1 Å². The van der Waals surface area contributed by atoms with E-state index in [0.29, 0.717) is 5.41 Å². The van der Waals surface area contributed by atoms with E-state index in [1.54, 1.807) is 7.11 Å². The summed E-state index contributed by atoms with van der Waals surface area (Å²) in [5, 5.41) is 3.72. The molecule has 1 saturated carbocycles. The van der Waals surface area contributed by atoms with Gasteiger partial charge in [-0.3, -0.25) is 0 Å². The molecule has 0 amide bonds. The normalized spacial score (nSPS) is 15.5. The fourth-order valence-electron chi connectivity index (χ4n) is 2.71. The van der Waals surface area contributed by atoms with Gasteiger partial charge in [0.15, 0.2) is 0 Å². The van der Waals surface area contributed by atoms with Crippen LogP contribution in [-0.2, 0) is 6.42 Å². The maximum Gasteiger partial charge on any atom is 0.122 e. The van der Waals surface area contributed by atoms with Crippen molar-refractivity contribution in [2.75, 3.05) is 13.7 Å². The van der Waals surface area contributed by atoms with Crippen LogP contribution in [0.15, 0.2) is 24.3 Å². The Morgan fingerprint density at radius 3 is 2.47 bits per heavy atom. The highest BCUT2D eigenvalue weighted by molar-refractivity contribution is 5.34. The molecule has 1 N–H and O–H groups in total. The molecule has 0 radical (unpaired) electrons. The molecule has 0 bridgehead atoms. The minimum Gasteiger partial charge on any atom is -0.496 e. The van der Waals surface area contributed by atoms with Gasteiger partial charge in [0.05, 0.1) is 7.11 Å². The topological polar surface area (TPSA) is 21.3 Å². The molecule has 0 aliphatic heterocycles. The Bertz CT molecular complexity index is 394. The number of hydrogen-bond acceptors (Lipinski definition) is 2. The second-order valence-corrected chi connectivity index (χ2v) is 5.85. The first-order valence-corrected chi connectivity index (χ1v) is 7.58. The van der Waals surface area contributed by atoms with Gasteiger partial charge in [0.1, 0.15) is 5.75 Å². The van der Waals surface area contributed by atoms with Crippen LogP contribution in [0.3, 0.4) is 0 Å². The lowest BCUT2D eigenvalue weighted by atomic mass is 9.76. The van der Waals surface area contributed by atoms with E-state index in [-0.39, 0.29) is 0 Å². The van der Waals surface area contributed by atoms with Crippen molar-refractivity contribution >= 4 is 0 Å². The van der Waals surface area contributed by atoms with E-state index in [0.717, 1.165) is 24.8 Å². The van der Waals surface area contributed by atoms with E-state index in [4.69, 9.17) is 4.74 Å². The summed E-state index contributed by atoms with van der Waals surface area (Å²) in [6.07, 6.45) is 6.24. The molecule has 2 heteroatoms. The minimum absolute atomic E-state index is 0.358. The first kappa shape index (κ1) is 14.4. The van der Waals surface area contributed by atoms with Crippen molar-refractivity contribution in [3.63, 3.8) is 0 Å². The predicted octanol–water partition coefficient (Wildman–Crippen LogP) is 3.80. The molecule has 1 fully saturated rings. The summed E-state index contributed by atoms with van der Waals surface area (Å²) in [6.45, 7) is 5.75. The Labute approximate surface area is 117 Å². The highest BCUT2D eigenvalue weighted by Crippen LogP contribution is 2.34. The molecule has 1 aliphatic rings. The average Bonchev–Trinajstić information content (AvgIpc) is 3.28. The molecule has 19 heavy (non-hydrogen) atoms. The van der Waals surface area contributed by atoms with E-state index < -0.39 is 0 Å². The fourth-order valence-corrected chi connectivity index (χ4v) is 2.71. The quantitative estimate of drug-likeness (QED) is 0.768. The van der Waals surface area contributed by atoms with Gasteiger partial charge in [0.25, 0.3) is 0 Å². The van der Waals surface area contributed by atoms with Gasteiger partial charge < -0.3 is 10.1 Å². The predicted molar refractivity (Wildman–Crippen MR) is 80.7 cm³/mol. The summed E-state index contributed by atoms with van der Waals surface area (Å²) in [5.74, 6) is 1.03. The number of methoxy groups -OCH3 is 1. The van der Waals surface area contributed by atoms with Gasteiger partial charge in [0, 0.05) is 12.6 Å². The Kier molecular flexibility index (Phi) is 4.87. The molecule has 0 spiro atoms. The lowest BCUT2D eigenvalue weighted by Crippen LogP contribution is -2.36. The van der Waals surface area contributed by atoms with Gasteiger partial charge in [-0.15, -0.1) is 0 Å². The summed E-state index contributed by atoms with van der Waals surface area (Å²) in [6, 6.07) is 9.22. The second kappa shape index (κ2) is 6.42. The lowest BCUT2D eigenvalue weighted by molar-refractivity contribution is 0.242. The van der Waals surface area contributed by atoms with Crippen molar-refractivity contribution in [3.05, 3.63) is 29.8 Å². The summed E-state index contributed by atoms with van der Waals surface area (Å²) in [4.78, 5) is 0. The van der Waals surface area contributed by atoms with Crippen molar-refractivity contribution in [1.82, 2.24) is 5.32 Å². The molecule has 0 saturated heterocycles. The monoisotopic (exact) mass is 261 g/mol. The van der Waals surface area contributed by atoms with Crippen molar-refractivity contribution in [1.29, 1.82) is 0 Å². The number of hydrogen-bond donors (Lipinski definition) is 1. The van der Waals surface area contributed by atoms with E-state index in [1.165, 1.54) is 31.2 Å². The van der Waals surface area contributed by atoms with Crippen LogP contribution in [0.4, 0.5) is 0 Å². The summed E-state index contributed by atoms with van der Waals surface area (Å²) < 4.78 is 5.50. The van der Waals surface area contributed by atoms with Gasteiger partial charge in [-0.05, 0) is 49.1 Å². The average molecular weight is 261 g/mol. The fraction of sp³-hybridized carbons (Fsp3) is 0.647. The second-order valence-electron chi connectivity index (χ2n) is 5.85. The maximum atomic E-state index is 5.50. The summed E-state index contributed by atoms with van der Waals surface area (Å²) in [5.41, 5.74) is 1.70. The van der Waals surface area contributed by atoms with Gasteiger partial charge in [-0.25, -0.2) is 0 Å². The van der Waals surface area contributed by atoms with Gasteiger partial charge >= 0.3 is 0 Å². The third-order valence-corrected chi connectivity index (χ3v) is 4.60. The van der Waals surface area contributed by atoms with Crippen molar-refractivity contribution in [2.24, 2.45) is 5.41 Å². The van der Waals surface area contributed by atoms with Gasteiger partial charge in [-0.2, -0.15) is 0 Å². The molecule has 0 atom stereocenters. The van der Waals surface area contributed by atoms with Crippen LogP contribution in [0.5, 0.6) is 5.75 Å². The van der Waals surface area contributed by atoms with Crippen molar-refractivity contribution in [3.8, 4) is 5.75 Å². The number of rotatable bonds is 8. The Hall–Kier alpha value is -1.02. The van der Waals surface area contributed by atoms with E-state index in [1.807, 2.05) is 6.07 Å². The van der Waals surface area contributed by atoms with E-state index >= 15 is 0 Å². The number of ether oxygens (including phenoxy) is 1. The first-order valence-electron chi connectivity index (χ1n) is 7.58. The SMILES string of the molecule is CCC(CC)(CNC1CC1)Cc1ccccc1OC. The molecule has 1 aromatic carbocycles. The Balaban J connectivity index is 2.09. The Morgan fingerprint density at radius 1 is 1.21 bits per heavy atom. The van der Waals surface area contributed by atoms with Crippen molar-refractivity contribution in [2.45, 2.75) is 52.0 Å². The van der Waals surface area contributed by atoms with Crippen molar-refractivity contribution < 1.29 is 4.74 Å². The Morgan fingerprint density at radius 2 is 1.89 bits per heavy atom. The number of nitrogens with one attached hydrogen (secondary N) is 1. The largest absolute Gasteiger partial charge is 0.496 e. The molecule has 2 nitrogen and oxygen atoms in total. The van der Waals surface area contributed by atoms with E-state index in [2.05, 4.69) is 37.4 Å². The van der Waals surface area contributed by atoms with Crippen LogP contribution in [0.1, 0.15) is 45.1 Å². The zero-order valence-corrected chi connectivity index (χ0v) is 12.5. The minimum atomic E-state index is 0.358. The van der Waals surface area contributed by atoms with Crippen LogP contribution in [-0.4, -0.2) is 19.7 Å². The van der Waals surface area contributed by atoms with Gasteiger partial charge in [-0.1, -0.05) is 32.0 Å². The lowest BCUT2D eigenvalue weighted by Gasteiger charge is -2.33.